The lowest BCUT2D eigenvalue weighted by molar-refractivity contribution is -0.00543. The summed E-state index contributed by atoms with van der Waals surface area (Å²) < 4.78 is 7.22. The molecule has 1 aliphatic carbocycles. The molecule has 2 aromatic rings. The van der Waals surface area contributed by atoms with Gasteiger partial charge < -0.3 is 15.2 Å². The van der Waals surface area contributed by atoms with E-state index in [1.807, 2.05) is 13.0 Å². The number of hydrogen-bond acceptors (Lipinski definition) is 6. The van der Waals surface area contributed by atoms with Crippen LogP contribution in [0.15, 0.2) is 12.3 Å². The molecule has 0 atom stereocenters. The second-order valence-corrected chi connectivity index (χ2v) is 10.7. The molecule has 1 aliphatic rings. The molecule has 8 heteroatoms. The highest BCUT2D eigenvalue weighted by Crippen LogP contribution is 2.32. The number of aliphatic hydroxyl groups is 1. The molecule has 0 unspecified atom stereocenters. The zero-order valence-electron chi connectivity index (χ0n) is 21.2. The Hall–Kier alpha value is -2.92. The molecule has 0 aliphatic heterocycles. The Bertz CT molecular complexity index is 1070. The van der Waals surface area contributed by atoms with Gasteiger partial charge in [0.25, 0.3) is 5.91 Å². The van der Waals surface area contributed by atoms with E-state index in [1.165, 1.54) is 0 Å². The van der Waals surface area contributed by atoms with Crippen LogP contribution in [0, 0.1) is 22.7 Å². The standard InChI is InChI=1S/C26H37N5O3/c1-7-21-30-22(24(32)29-16-26(33)10-8-17(2)9-11-26)19(14-27)31(21)23-20(34-6)12-18(15-28-23)13-25(3,4)5/h12,15,17,33H,7-11,13,16H2,1-6H3,(H,29,32). The minimum absolute atomic E-state index is 0.0368. The van der Waals surface area contributed by atoms with Crippen LogP contribution in [0.4, 0.5) is 0 Å². The van der Waals surface area contributed by atoms with Gasteiger partial charge in [-0.25, -0.2) is 9.97 Å². The van der Waals surface area contributed by atoms with Crippen molar-refractivity contribution >= 4 is 5.91 Å². The lowest BCUT2D eigenvalue weighted by Gasteiger charge is -2.34. The normalized spacial score (nSPS) is 20.6. The van der Waals surface area contributed by atoms with Crippen molar-refractivity contribution in [1.29, 1.82) is 5.26 Å². The minimum Gasteiger partial charge on any atom is -0.493 e. The summed E-state index contributed by atoms with van der Waals surface area (Å²) in [6.45, 7) is 10.7. The Morgan fingerprint density at radius 2 is 2.06 bits per heavy atom. The number of methoxy groups -OCH3 is 1. The average Bonchev–Trinajstić information content (AvgIpc) is 3.17. The van der Waals surface area contributed by atoms with Crippen LogP contribution in [0.5, 0.6) is 5.75 Å². The molecule has 2 aromatic heterocycles. The van der Waals surface area contributed by atoms with Crippen LogP contribution in [-0.4, -0.2) is 44.8 Å². The van der Waals surface area contributed by atoms with Gasteiger partial charge in [0.1, 0.15) is 11.9 Å². The number of hydrogen-bond donors (Lipinski definition) is 2. The zero-order valence-corrected chi connectivity index (χ0v) is 21.2. The SMILES string of the molecule is CCc1nc(C(=O)NCC2(O)CCC(C)CC2)c(C#N)n1-c1ncc(CC(C)(C)C)cc1OC. The first-order chi connectivity index (χ1) is 16.0. The summed E-state index contributed by atoms with van der Waals surface area (Å²) in [5.74, 6) is 1.60. The third-order valence-corrected chi connectivity index (χ3v) is 6.42. The summed E-state index contributed by atoms with van der Waals surface area (Å²) in [6.07, 6.45) is 6.26. The number of carbonyl (C=O) groups excluding carboxylic acids is 1. The van der Waals surface area contributed by atoms with Gasteiger partial charge in [-0.3, -0.25) is 9.36 Å². The van der Waals surface area contributed by atoms with Gasteiger partial charge in [0.2, 0.25) is 0 Å². The molecule has 0 bridgehead atoms. The Balaban J connectivity index is 1.93. The van der Waals surface area contributed by atoms with E-state index >= 15 is 0 Å². The molecule has 2 heterocycles. The summed E-state index contributed by atoms with van der Waals surface area (Å²) in [4.78, 5) is 22.1. The number of pyridine rings is 1. The monoisotopic (exact) mass is 467 g/mol. The summed E-state index contributed by atoms with van der Waals surface area (Å²) in [6, 6.07) is 4.06. The maximum absolute atomic E-state index is 13.1. The predicted molar refractivity (Wildman–Crippen MR) is 130 cm³/mol. The van der Waals surface area contributed by atoms with Gasteiger partial charge in [-0.1, -0.05) is 34.6 Å². The minimum atomic E-state index is -0.918. The van der Waals surface area contributed by atoms with Gasteiger partial charge in [-0.15, -0.1) is 0 Å². The number of nitrogens with zero attached hydrogens (tertiary/aromatic N) is 4. The first kappa shape index (κ1) is 25.7. The number of nitrogens with one attached hydrogen (secondary N) is 1. The summed E-state index contributed by atoms with van der Waals surface area (Å²) in [5, 5.41) is 23.6. The Morgan fingerprint density at radius 1 is 1.38 bits per heavy atom. The first-order valence-electron chi connectivity index (χ1n) is 12.1. The fraction of sp³-hybridized carbons (Fsp3) is 0.615. The Kier molecular flexibility index (Phi) is 7.67. The van der Waals surface area contributed by atoms with E-state index in [9.17, 15) is 15.2 Å². The number of aromatic nitrogens is 3. The predicted octanol–water partition coefficient (Wildman–Crippen LogP) is 3.97. The average molecular weight is 468 g/mol. The molecule has 0 aromatic carbocycles. The smallest absolute Gasteiger partial charge is 0.273 e. The highest BCUT2D eigenvalue weighted by molar-refractivity contribution is 5.94. The fourth-order valence-corrected chi connectivity index (χ4v) is 4.50. The highest BCUT2D eigenvalue weighted by atomic mass is 16.5. The van der Waals surface area contributed by atoms with Crippen molar-refractivity contribution in [3.8, 4) is 17.6 Å². The molecule has 8 nitrogen and oxygen atoms in total. The molecule has 1 amide bonds. The molecule has 184 valence electrons. The number of carbonyl (C=O) groups is 1. The molecule has 1 fully saturated rings. The van der Waals surface area contributed by atoms with Crippen LogP contribution in [0.2, 0.25) is 0 Å². The molecular weight excluding hydrogens is 430 g/mol. The van der Waals surface area contributed by atoms with E-state index in [4.69, 9.17) is 4.74 Å². The number of aryl methyl sites for hydroxylation is 1. The van der Waals surface area contributed by atoms with Crippen molar-refractivity contribution < 1.29 is 14.6 Å². The van der Waals surface area contributed by atoms with Crippen molar-refractivity contribution in [2.24, 2.45) is 11.3 Å². The Labute approximate surface area is 202 Å². The van der Waals surface area contributed by atoms with Crippen molar-refractivity contribution in [3.63, 3.8) is 0 Å². The Morgan fingerprint density at radius 3 is 2.62 bits per heavy atom. The van der Waals surface area contributed by atoms with Gasteiger partial charge in [0.15, 0.2) is 23.0 Å². The summed E-state index contributed by atoms with van der Waals surface area (Å²) in [5.41, 5.74) is 0.334. The topological polar surface area (TPSA) is 113 Å². The van der Waals surface area contributed by atoms with E-state index in [1.54, 1.807) is 17.9 Å². The van der Waals surface area contributed by atoms with Crippen LogP contribution < -0.4 is 10.1 Å². The third-order valence-electron chi connectivity index (χ3n) is 6.42. The van der Waals surface area contributed by atoms with Crippen LogP contribution in [0.1, 0.15) is 87.9 Å². The number of imidazole rings is 1. The van der Waals surface area contributed by atoms with Crippen molar-refractivity contribution in [2.45, 2.75) is 78.7 Å². The molecular formula is C26H37N5O3. The van der Waals surface area contributed by atoms with E-state index in [2.05, 4.69) is 49.0 Å². The zero-order chi connectivity index (χ0) is 25.1. The van der Waals surface area contributed by atoms with Crippen LogP contribution in [0.25, 0.3) is 5.82 Å². The van der Waals surface area contributed by atoms with E-state index in [-0.39, 0.29) is 23.3 Å². The number of rotatable bonds is 7. The van der Waals surface area contributed by atoms with Gasteiger partial charge >= 0.3 is 0 Å². The van der Waals surface area contributed by atoms with Crippen LogP contribution in [0.3, 0.4) is 0 Å². The van der Waals surface area contributed by atoms with E-state index in [0.29, 0.717) is 42.6 Å². The number of nitriles is 1. The summed E-state index contributed by atoms with van der Waals surface area (Å²) in [7, 11) is 1.56. The highest BCUT2D eigenvalue weighted by Gasteiger charge is 2.33. The quantitative estimate of drug-likeness (QED) is 0.637. The lowest BCUT2D eigenvalue weighted by Crippen LogP contribution is -2.45. The second-order valence-electron chi connectivity index (χ2n) is 10.7. The molecule has 2 N–H and O–H groups in total. The molecule has 0 spiro atoms. The second kappa shape index (κ2) is 10.1. The molecule has 0 radical (unpaired) electrons. The van der Waals surface area contributed by atoms with Gasteiger partial charge in [-0.05, 0) is 55.1 Å². The largest absolute Gasteiger partial charge is 0.493 e. The third kappa shape index (κ3) is 5.76. The van der Waals surface area contributed by atoms with Crippen LogP contribution in [-0.2, 0) is 12.8 Å². The first-order valence-corrected chi connectivity index (χ1v) is 12.1. The van der Waals surface area contributed by atoms with Gasteiger partial charge in [0, 0.05) is 19.2 Å². The molecule has 1 saturated carbocycles. The van der Waals surface area contributed by atoms with Crippen molar-refractivity contribution in [2.75, 3.05) is 13.7 Å². The summed E-state index contributed by atoms with van der Waals surface area (Å²) >= 11 is 0. The van der Waals surface area contributed by atoms with Gasteiger partial charge in [-0.2, -0.15) is 5.26 Å². The van der Waals surface area contributed by atoms with E-state index < -0.39 is 11.5 Å². The number of amides is 1. The van der Waals surface area contributed by atoms with E-state index in [0.717, 1.165) is 24.8 Å². The number of ether oxygens (including phenoxy) is 1. The van der Waals surface area contributed by atoms with Gasteiger partial charge in [0.05, 0.1) is 12.7 Å². The molecule has 34 heavy (non-hydrogen) atoms. The maximum atomic E-state index is 13.1. The van der Waals surface area contributed by atoms with Crippen molar-refractivity contribution in [1.82, 2.24) is 19.9 Å². The lowest BCUT2D eigenvalue weighted by atomic mass is 9.79. The van der Waals surface area contributed by atoms with Crippen LogP contribution >= 0.6 is 0 Å². The maximum Gasteiger partial charge on any atom is 0.273 e. The molecule has 0 saturated heterocycles. The molecule has 3 rings (SSSR count). The fourth-order valence-electron chi connectivity index (χ4n) is 4.50. The van der Waals surface area contributed by atoms with Crippen molar-refractivity contribution in [3.05, 3.63) is 35.0 Å².